The van der Waals surface area contributed by atoms with Crippen molar-refractivity contribution in [3.63, 3.8) is 0 Å². The molecule has 6 N–H and O–H groups in total. The molecule has 2 aliphatic heterocycles. The number of H-pyrrole nitrogens is 1. The average molecular weight is 886 g/mol. The summed E-state index contributed by atoms with van der Waals surface area (Å²) in [6.07, 6.45) is -8.54. The van der Waals surface area contributed by atoms with Crippen LogP contribution >= 0.6 is 39.1 Å². The molecule has 0 aliphatic carbocycles. The van der Waals surface area contributed by atoms with Crippen LogP contribution in [0.3, 0.4) is 0 Å². The molecule has 3 aromatic heterocycles. The summed E-state index contributed by atoms with van der Waals surface area (Å²) in [6, 6.07) is 0. The lowest BCUT2D eigenvalue weighted by atomic mass is 10.1. The fraction of sp³-hybridized carbons (Fsp3) is 0.550. The zero-order valence-electron chi connectivity index (χ0n) is 27.0. The molecule has 5 rings (SSSR count). The van der Waals surface area contributed by atoms with E-state index in [-0.39, 0.29) is 29.0 Å². The van der Waals surface area contributed by atoms with Gasteiger partial charge < -0.3 is 64.0 Å². The molecule has 0 spiro atoms. The lowest BCUT2D eigenvalue weighted by Gasteiger charge is -2.37. The number of nitrogens with zero attached hydrogens (tertiary/aromatic N) is 5. The van der Waals surface area contributed by atoms with Gasteiger partial charge in [-0.3, -0.25) is 41.7 Å². The van der Waals surface area contributed by atoms with Gasteiger partial charge in [0.05, 0.1) is 25.6 Å². The fourth-order valence-corrected chi connectivity index (χ4v) is 11.0. The van der Waals surface area contributed by atoms with Crippen molar-refractivity contribution in [2.75, 3.05) is 18.9 Å². The van der Waals surface area contributed by atoms with E-state index in [1.807, 2.05) is 4.98 Å². The summed E-state index contributed by atoms with van der Waals surface area (Å²) >= 11 is 0. The third kappa shape index (κ3) is 10.7. The number of ether oxygens (including phenoxy) is 2. The van der Waals surface area contributed by atoms with Crippen LogP contribution in [0.1, 0.15) is 24.4 Å². The zero-order chi connectivity index (χ0) is 40.9. The Labute approximate surface area is 304 Å². The van der Waals surface area contributed by atoms with Crippen LogP contribution in [0, 0.1) is 6.92 Å². The van der Waals surface area contributed by atoms with Gasteiger partial charge in [-0.05, 0) is 6.92 Å². The van der Waals surface area contributed by atoms with E-state index < -0.39 is 107 Å². The maximum atomic E-state index is 12.2. The second-order valence-electron chi connectivity index (χ2n) is 11.2. The third-order valence-corrected chi connectivity index (χ3v) is 14.6. The number of nitrogen functional groups attached to an aromatic ring is 1. The van der Waals surface area contributed by atoms with Crippen LogP contribution in [0.4, 0.5) is 5.82 Å². The Hall–Kier alpha value is -2.46. The number of aliphatic hydroxyl groups excluding tert-OH is 3. The molecule has 12 unspecified atom stereocenters. The van der Waals surface area contributed by atoms with Crippen molar-refractivity contribution in [1.29, 1.82) is 0 Å². The van der Waals surface area contributed by atoms with E-state index in [0.29, 0.717) is 0 Å². The fourth-order valence-electron chi connectivity index (χ4n) is 4.90. The number of phosphoric acid groups is 5. The molecular formula is C20H25N7O23P5-5. The topological polar surface area (TPSA) is 460 Å². The Morgan fingerprint density at radius 3 is 1.95 bits per heavy atom. The summed E-state index contributed by atoms with van der Waals surface area (Å²) < 4.78 is 95.2. The molecule has 2 fully saturated rings. The highest BCUT2D eigenvalue weighted by atomic mass is 31.3. The Balaban J connectivity index is 1.12. The lowest BCUT2D eigenvalue weighted by Crippen LogP contribution is -2.34. The van der Waals surface area contributed by atoms with Gasteiger partial charge in [-0.2, -0.15) is 0 Å². The minimum absolute atomic E-state index is 0.0160. The van der Waals surface area contributed by atoms with E-state index in [1.165, 1.54) is 6.92 Å². The molecule has 0 saturated carbocycles. The molecule has 55 heavy (non-hydrogen) atoms. The molecule has 2 aliphatic rings. The van der Waals surface area contributed by atoms with Gasteiger partial charge in [0.1, 0.15) is 42.5 Å². The highest BCUT2D eigenvalue weighted by Gasteiger charge is 2.45. The highest BCUT2D eigenvalue weighted by Crippen LogP contribution is 2.69. The van der Waals surface area contributed by atoms with Gasteiger partial charge in [0.15, 0.2) is 17.7 Å². The maximum Gasteiger partial charge on any atom is 0.330 e. The largest absolute Gasteiger partial charge is 0.756 e. The highest BCUT2D eigenvalue weighted by molar-refractivity contribution is 7.70. The quantitative estimate of drug-likeness (QED) is 0.0840. The SMILES string of the molecule is Cc1cn(C2CC(O)C(COP(=O)([O-])OP(=O)([O-])OP(=O)([O-])OP(=O)([O-])OP(=O)([O-])OCC3OC(n4cnc5c(N)ncnc54)C(O)C3O)O2)c(=O)[nH]c1=O. The van der Waals surface area contributed by atoms with Crippen molar-refractivity contribution in [1.82, 2.24) is 29.1 Å². The van der Waals surface area contributed by atoms with E-state index in [0.717, 1.165) is 28.0 Å². The van der Waals surface area contributed by atoms with Crippen molar-refractivity contribution < 1.29 is 98.4 Å². The standard InChI is InChI=1S/C20H30N7O23P5/c1-8-3-26(20(32)25-18(8)31)12-2-9(28)10(45-12)4-43-51(33,34)47-53(37,38)49-55(41,42)50-54(39,40)48-52(35,36)44-5-11-14(29)15(30)19(46-11)27-7-24-13-16(21)22-6-23-17(13)27/h3,6-7,9-12,14-15,19,28-30H,2,4-5H2,1H3,(H,33,34)(H,35,36)(H,37,38)(H,39,40)(H,41,42)(H2,21,22,23)(H,25,31,32)/p-5. The minimum Gasteiger partial charge on any atom is -0.756 e. The summed E-state index contributed by atoms with van der Waals surface area (Å²) in [4.78, 5) is 97.5. The molecule has 35 heteroatoms. The van der Waals surface area contributed by atoms with Gasteiger partial charge >= 0.3 is 5.69 Å². The summed E-state index contributed by atoms with van der Waals surface area (Å²) in [6.45, 7) is -1.16. The predicted molar refractivity (Wildman–Crippen MR) is 161 cm³/mol. The zero-order valence-corrected chi connectivity index (χ0v) is 31.4. The predicted octanol–water partition coefficient (Wildman–Crippen LogP) is -5.02. The van der Waals surface area contributed by atoms with Crippen LogP contribution in [-0.4, -0.2) is 88.1 Å². The second-order valence-corrected chi connectivity index (χ2v) is 18.8. The number of aliphatic hydroxyl groups is 3. The van der Waals surface area contributed by atoms with Crippen molar-refractivity contribution >= 4 is 56.1 Å². The maximum absolute atomic E-state index is 12.2. The number of anilines is 1. The molecule has 12 atom stereocenters. The van der Waals surface area contributed by atoms with Crippen LogP contribution in [0.2, 0.25) is 0 Å². The van der Waals surface area contributed by atoms with Crippen LogP contribution < -0.4 is 41.4 Å². The van der Waals surface area contributed by atoms with Crippen LogP contribution in [0.15, 0.2) is 28.4 Å². The number of hydrogen-bond acceptors (Lipinski definition) is 27. The Bertz CT molecular complexity index is 2280. The summed E-state index contributed by atoms with van der Waals surface area (Å²) in [5, 5.41) is 30.9. The molecule has 0 aromatic carbocycles. The monoisotopic (exact) mass is 886 g/mol. The van der Waals surface area contributed by atoms with E-state index in [9.17, 15) is 72.2 Å². The first-order valence-electron chi connectivity index (χ1n) is 14.6. The molecule has 0 amide bonds. The third-order valence-electron chi connectivity index (χ3n) is 7.25. The number of hydrogen-bond donors (Lipinski definition) is 5. The number of phosphoric ester groups is 2. The summed E-state index contributed by atoms with van der Waals surface area (Å²) in [7, 11) is -32.7. The smallest absolute Gasteiger partial charge is 0.330 e. The Morgan fingerprint density at radius 2 is 1.36 bits per heavy atom. The van der Waals surface area contributed by atoms with Gasteiger partial charge in [0.25, 0.3) is 44.7 Å². The van der Waals surface area contributed by atoms with E-state index >= 15 is 0 Å². The van der Waals surface area contributed by atoms with E-state index in [1.54, 1.807) is 0 Å². The molecule has 0 radical (unpaired) electrons. The van der Waals surface area contributed by atoms with Crippen molar-refractivity contribution in [2.24, 2.45) is 0 Å². The first-order valence-corrected chi connectivity index (χ1v) is 21.9. The molecular weight excluding hydrogens is 861 g/mol. The van der Waals surface area contributed by atoms with Crippen molar-refractivity contribution in [3.05, 3.63) is 45.3 Å². The van der Waals surface area contributed by atoms with Crippen molar-refractivity contribution in [3.8, 4) is 0 Å². The molecule has 30 nitrogen and oxygen atoms in total. The average Bonchev–Trinajstić information content (AvgIpc) is 3.70. The van der Waals surface area contributed by atoms with Gasteiger partial charge in [-0.25, -0.2) is 37.0 Å². The van der Waals surface area contributed by atoms with E-state index in [2.05, 4.69) is 41.2 Å². The molecule has 3 aromatic rings. The summed E-state index contributed by atoms with van der Waals surface area (Å²) in [5.74, 6) is -0.0635. The molecule has 2 saturated heterocycles. The Morgan fingerprint density at radius 1 is 0.818 bits per heavy atom. The van der Waals surface area contributed by atoms with Crippen molar-refractivity contribution in [2.45, 2.75) is 56.3 Å². The molecule has 5 heterocycles. The van der Waals surface area contributed by atoms with Gasteiger partial charge in [0.2, 0.25) is 0 Å². The number of rotatable bonds is 16. The number of aromatic amines is 1. The first kappa shape index (κ1) is 43.7. The number of nitrogens with one attached hydrogen (secondary N) is 1. The molecule has 308 valence electrons. The first-order chi connectivity index (χ1) is 25.3. The van der Waals surface area contributed by atoms with Crippen LogP contribution in [0.25, 0.3) is 11.2 Å². The van der Waals surface area contributed by atoms with Crippen LogP contribution in [0.5, 0.6) is 0 Å². The normalized spacial score (nSPS) is 29.9. The number of imidazole rings is 1. The lowest BCUT2D eigenvalue weighted by molar-refractivity contribution is -0.256. The number of aryl methyl sites for hydroxylation is 1. The van der Waals surface area contributed by atoms with Gasteiger partial charge in [-0.15, -0.1) is 0 Å². The summed E-state index contributed by atoms with van der Waals surface area (Å²) in [5.41, 5.74) is 4.14. The number of nitrogens with two attached hydrogens (primary N) is 1. The molecule has 0 bridgehead atoms. The van der Waals surface area contributed by atoms with Crippen LogP contribution in [-0.2, 0) is 58.6 Å². The van der Waals surface area contributed by atoms with Gasteiger partial charge in [-0.1, -0.05) is 0 Å². The Kier molecular flexibility index (Phi) is 12.7. The minimum atomic E-state index is -6.86. The number of aromatic nitrogens is 6. The van der Waals surface area contributed by atoms with E-state index in [4.69, 9.17) is 15.2 Å². The second kappa shape index (κ2) is 16.1. The van der Waals surface area contributed by atoms with Gasteiger partial charge in [0, 0.05) is 18.2 Å². The number of fused-ring (bicyclic) bond motifs is 1.